The van der Waals surface area contributed by atoms with Gasteiger partial charge in [0.05, 0.1) is 0 Å². The normalized spacial score (nSPS) is 26.1. The summed E-state index contributed by atoms with van der Waals surface area (Å²) in [5.74, 6) is 0.170. The molecule has 0 saturated heterocycles. The molecule has 0 amide bonds. The van der Waals surface area contributed by atoms with Crippen LogP contribution in [0.5, 0.6) is 0 Å². The van der Waals surface area contributed by atoms with Crippen LogP contribution in [-0.4, -0.2) is 18.5 Å². The molecule has 0 N–H and O–H groups in total. The number of furan rings is 1. The van der Waals surface area contributed by atoms with E-state index in [4.69, 9.17) is 9.15 Å². The number of hydrogen-bond donors (Lipinski definition) is 0. The third kappa shape index (κ3) is 2.38. The number of rotatable bonds is 3. The number of benzene rings is 1. The van der Waals surface area contributed by atoms with Crippen molar-refractivity contribution in [1.29, 1.82) is 0 Å². The Hall–Kier alpha value is -1.68. The zero-order chi connectivity index (χ0) is 15.0. The SMILES string of the molecule is COC1(C(=O)c2cc3cccc(F)c3o2)CCC(C)CC1. The van der Waals surface area contributed by atoms with Crippen molar-refractivity contribution >= 4 is 16.8 Å². The second-order valence-electron chi connectivity index (χ2n) is 5.98. The maximum absolute atomic E-state index is 13.7. The minimum Gasteiger partial charge on any atom is -0.450 e. The Bertz CT molecular complexity index is 666. The van der Waals surface area contributed by atoms with Crippen LogP contribution in [-0.2, 0) is 4.74 Å². The van der Waals surface area contributed by atoms with Crippen LogP contribution in [0.1, 0.15) is 43.2 Å². The first kappa shape index (κ1) is 14.3. The fourth-order valence-electron chi connectivity index (χ4n) is 3.12. The molecule has 3 rings (SSSR count). The van der Waals surface area contributed by atoms with Gasteiger partial charge >= 0.3 is 0 Å². The van der Waals surface area contributed by atoms with Gasteiger partial charge in [0.1, 0.15) is 5.60 Å². The molecule has 0 bridgehead atoms. The van der Waals surface area contributed by atoms with Crippen molar-refractivity contribution in [3.8, 4) is 0 Å². The van der Waals surface area contributed by atoms with Crippen molar-refractivity contribution in [1.82, 2.24) is 0 Å². The van der Waals surface area contributed by atoms with Crippen LogP contribution in [0.15, 0.2) is 28.7 Å². The van der Waals surface area contributed by atoms with Crippen LogP contribution in [0.4, 0.5) is 4.39 Å². The van der Waals surface area contributed by atoms with Crippen molar-refractivity contribution in [2.75, 3.05) is 7.11 Å². The summed E-state index contributed by atoms with van der Waals surface area (Å²) in [7, 11) is 1.57. The van der Waals surface area contributed by atoms with Crippen LogP contribution >= 0.6 is 0 Å². The molecular formula is C17H19FO3. The molecule has 0 aliphatic heterocycles. The van der Waals surface area contributed by atoms with Gasteiger partial charge in [0.2, 0.25) is 5.78 Å². The number of carbonyl (C=O) groups excluding carboxylic acids is 1. The van der Waals surface area contributed by atoms with Crippen LogP contribution in [0.2, 0.25) is 0 Å². The average molecular weight is 290 g/mol. The maximum atomic E-state index is 13.7. The zero-order valence-corrected chi connectivity index (χ0v) is 12.3. The van der Waals surface area contributed by atoms with Gasteiger partial charge in [-0.15, -0.1) is 0 Å². The lowest BCUT2D eigenvalue weighted by Crippen LogP contribution is -2.43. The first-order valence-electron chi connectivity index (χ1n) is 7.34. The van der Waals surface area contributed by atoms with Crippen LogP contribution in [0.25, 0.3) is 11.0 Å². The van der Waals surface area contributed by atoms with Gasteiger partial charge in [-0.1, -0.05) is 19.1 Å². The van der Waals surface area contributed by atoms with Crippen molar-refractivity contribution in [2.45, 2.75) is 38.2 Å². The number of ketones is 1. The highest BCUT2D eigenvalue weighted by Gasteiger charge is 2.43. The molecule has 0 atom stereocenters. The summed E-state index contributed by atoms with van der Waals surface area (Å²) in [6, 6.07) is 6.28. The minimum atomic E-state index is -0.823. The lowest BCUT2D eigenvalue weighted by atomic mass is 9.76. The number of para-hydroxylation sites is 1. The van der Waals surface area contributed by atoms with Gasteiger partial charge in [0, 0.05) is 12.5 Å². The Morgan fingerprint density at radius 2 is 2.10 bits per heavy atom. The summed E-state index contributed by atoms with van der Waals surface area (Å²) in [4.78, 5) is 12.8. The van der Waals surface area contributed by atoms with Crippen LogP contribution < -0.4 is 0 Å². The third-order valence-electron chi connectivity index (χ3n) is 4.61. The van der Waals surface area contributed by atoms with E-state index in [1.165, 1.54) is 6.07 Å². The monoisotopic (exact) mass is 290 g/mol. The highest BCUT2D eigenvalue weighted by Crippen LogP contribution is 2.37. The molecular weight excluding hydrogens is 271 g/mol. The molecule has 0 radical (unpaired) electrons. The Labute approximate surface area is 123 Å². The van der Waals surface area contributed by atoms with E-state index in [1.54, 1.807) is 25.3 Å². The van der Waals surface area contributed by atoms with Gasteiger partial charge < -0.3 is 9.15 Å². The number of fused-ring (bicyclic) bond motifs is 1. The van der Waals surface area contributed by atoms with Gasteiger partial charge in [-0.25, -0.2) is 4.39 Å². The summed E-state index contributed by atoms with van der Waals surface area (Å²) in [5.41, 5.74) is -0.687. The number of Topliss-reactive ketones (excluding diaryl/α,β-unsaturated/α-hetero) is 1. The summed E-state index contributed by atoms with van der Waals surface area (Å²) in [6.07, 6.45) is 3.27. The predicted molar refractivity (Wildman–Crippen MR) is 77.9 cm³/mol. The zero-order valence-electron chi connectivity index (χ0n) is 12.3. The second kappa shape index (κ2) is 5.26. The topological polar surface area (TPSA) is 39.4 Å². The van der Waals surface area contributed by atoms with E-state index in [-0.39, 0.29) is 17.1 Å². The van der Waals surface area contributed by atoms with Crippen molar-refractivity contribution in [2.24, 2.45) is 5.92 Å². The Morgan fingerprint density at radius 1 is 1.38 bits per heavy atom. The number of methoxy groups -OCH3 is 1. The quantitative estimate of drug-likeness (QED) is 0.789. The van der Waals surface area contributed by atoms with E-state index in [2.05, 4.69) is 6.92 Å². The summed E-state index contributed by atoms with van der Waals surface area (Å²) >= 11 is 0. The minimum absolute atomic E-state index is 0.135. The molecule has 1 aliphatic carbocycles. The molecule has 1 aliphatic rings. The average Bonchev–Trinajstić information content (AvgIpc) is 2.93. The lowest BCUT2D eigenvalue weighted by molar-refractivity contribution is -0.0278. The van der Waals surface area contributed by atoms with E-state index in [9.17, 15) is 9.18 Å². The first-order chi connectivity index (χ1) is 10.1. The van der Waals surface area contributed by atoms with Gasteiger partial charge in [-0.3, -0.25) is 4.79 Å². The number of carbonyl (C=O) groups is 1. The van der Waals surface area contributed by atoms with Gasteiger partial charge in [-0.2, -0.15) is 0 Å². The van der Waals surface area contributed by atoms with E-state index in [0.29, 0.717) is 24.1 Å². The van der Waals surface area contributed by atoms with E-state index < -0.39 is 11.4 Å². The molecule has 21 heavy (non-hydrogen) atoms. The smallest absolute Gasteiger partial charge is 0.229 e. The first-order valence-corrected chi connectivity index (χ1v) is 7.34. The van der Waals surface area contributed by atoms with Crippen LogP contribution in [0.3, 0.4) is 0 Å². The van der Waals surface area contributed by atoms with E-state index in [0.717, 1.165) is 12.8 Å². The highest BCUT2D eigenvalue weighted by atomic mass is 19.1. The van der Waals surface area contributed by atoms with E-state index in [1.807, 2.05) is 0 Å². The summed E-state index contributed by atoms with van der Waals surface area (Å²) < 4.78 is 24.7. The number of ether oxygens (including phenoxy) is 1. The van der Waals surface area contributed by atoms with Gasteiger partial charge in [-0.05, 0) is 43.7 Å². The molecule has 4 heteroatoms. The Kier molecular flexibility index (Phi) is 3.57. The van der Waals surface area contributed by atoms with Gasteiger partial charge in [0.25, 0.3) is 0 Å². The fourth-order valence-corrected chi connectivity index (χ4v) is 3.12. The molecule has 0 unspecified atom stereocenters. The molecule has 112 valence electrons. The largest absolute Gasteiger partial charge is 0.450 e. The predicted octanol–water partition coefficient (Wildman–Crippen LogP) is 4.35. The number of hydrogen-bond acceptors (Lipinski definition) is 3. The molecule has 3 nitrogen and oxygen atoms in total. The standard InChI is InChI=1S/C17H19FO3/c1-11-6-8-17(20-2,9-7-11)16(19)14-10-12-4-3-5-13(18)15(12)21-14/h3-5,10-11H,6-9H2,1-2H3. The van der Waals surface area contributed by atoms with Crippen molar-refractivity contribution in [3.05, 3.63) is 35.8 Å². The maximum Gasteiger partial charge on any atom is 0.229 e. The summed E-state index contributed by atoms with van der Waals surface area (Å²) in [5, 5.41) is 0.605. The molecule has 2 aromatic rings. The molecule has 1 aromatic heterocycles. The van der Waals surface area contributed by atoms with E-state index >= 15 is 0 Å². The molecule has 1 fully saturated rings. The van der Waals surface area contributed by atoms with Gasteiger partial charge in [0.15, 0.2) is 17.2 Å². The fraction of sp³-hybridized carbons (Fsp3) is 0.471. The highest BCUT2D eigenvalue weighted by molar-refractivity contribution is 6.03. The molecule has 1 saturated carbocycles. The molecule has 0 spiro atoms. The Morgan fingerprint density at radius 3 is 2.71 bits per heavy atom. The van der Waals surface area contributed by atoms with Crippen LogP contribution in [0, 0.1) is 11.7 Å². The van der Waals surface area contributed by atoms with Crippen molar-refractivity contribution in [3.63, 3.8) is 0 Å². The Balaban J connectivity index is 1.97. The second-order valence-corrected chi connectivity index (χ2v) is 5.98. The lowest BCUT2D eigenvalue weighted by Gasteiger charge is -2.36. The molecule has 1 heterocycles. The number of halogens is 1. The van der Waals surface area contributed by atoms with Crippen molar-refractivity contribution < 1.29 is 18.3 Å². The summed E-state index contributed by atoms with van der Waals surface area (Å²) in [6.45, 7) is 2.18. The third-order valence-corrected chi connectivity index (χ3v) is 4.61. The molecule has 1 aromatic carbocycles.